The van der Waals surface area contributed by atoms with Gasteiger partial charge in [-0.1, -0.05) is 22.0 Å². The summed E-state index contributed by atoms with van der Waals surface area (Å²) in [7, 11) is 0. The summed E-state index contributed by atoms with van der Waals surface area (Å²) in [5.41, 5.74) is 5.51. The molecule has 2 aromatic carbocycles. The van der Waals surface area contributed by atoms with Crippen molar-refractivity contribution in [1.29, 1.82) is 0 Å². The lowest BCUT2D eigenvalue weighted by molar-refractivity contribution is 0.981. The SMILES string of the molecule is Cc1ccc(Nc2cnnc(Nc3ccc(Br)cc3C)n2)cc1C. The normalized spacial score (nSPS) is 10.5. The number of hydrogen-bond donors (Lipinski definition) is 2. The van der Waals surface area contributed by atoms with E-state index in [0.29, 0.717) is 11.8 Å². The third kappa shape index (κ3) is 3.89. The lowest BCUT2D eigenvalue weighted by atomic mass is 10.1. The van der Waals surface area contributed by atoms with Crippen LogP contribution in [0.15, 0.2) is 47.1 Å². The van der Waals surface area contributed by atoms with Gasteiger partial charge >= 0.3 is 0 Å². The van der Waals surface area contributed by atoms with Gasteiger partial charge in [-0.25, -0.2) is 0 Å². The van der Waals surface area contributed by atoms with E-state index in [1.807, 2.05) is 31.2 Å². The number of benzene rings is 2. The Bertz CT molecular complexity index is 879. The van der Waals surface area contributed by atoms with Crippen LogP contribution in [0.1, 0.15) is 16.7 Å². The van der Waals surface area contributed by atoms with E-state index in [1.165, 1.54) is 11.1 Å². The highest BCUT2D eigenvalue weighted by Gasteiger charge is 2.05. The van der Waals surface area contributed by atoms with Crippen molar-refractivity contribution in [1.82, 2.24) is 15.2 Å². The fraction of sp³-hybridized carbons (Fsp3) is 0.167. The largest absolute Gasteiger partial charge is 0.339 e. The molecule has 0 amide bonds. The van der Waals surface area contributed by atoms with E-state index < -0.39 is 0 Å². The van der Waals surface area contributed by atoms with Crippen molar-refractivity contribution in [2.45, 2.75) is 20.8 Å². The van der Waals surface area contributed by atoms with Crippen molar-refractivity contribution in [2.75, 3.05) is 10.6 Å². The predicted molar refractivity (Wildman–Crippen MR) is 101 cm³/mol. The van der Waals surface area contributed by atoms with E-state index in [4.69, 9.17) is 0 Å². The summed E-state index contributed by atoms with van der Waals surface area (Å²) in [6.45, 7) is 6.20. The van der Waals surface area contributed by atoms with Crippen LogP contribution < -0.4 is 10.6 Å². The molecule has 0 fully saturated rings. The first-order chi connectivity index (χ1) is 11.5. The second-order valence-electron chi connectivity index (χ2n) is 5.67. The van der Waals surface area contributed by atoms with Crippen molar-refractivity contribution < 1.29 is 0 Å². The van der Waals surface area contributed by atoms with Gasteiger partial charge in [-0.15, -0.1) is 5.10 Å². The molecule has 0 radical (unpaired) electrons. The molecule has 0 saturated carbocycles. The molecule has 0 spiro atoms. The second kappa shape index (κ2) is 6.97. The van der Waals surface area contributed by atoms with Crippen LogP contribution in [0.5, 0.6) is 0 Å². The Morgan fingerprint density at radius 1 is 0.875 bits per heavy atom. The highest BCUT2D eigenvalue weighted by atomic mass is 79.9. The van der Waals surface area contributed by atoms with Crippen molar-refractivity contribution in [3.8, 4) is 0 Å². The number of halogens is 1. The fourth-order valence-electron chi connectivity index (χ4n) is 2.27. The van der Waals surface area contributed by atoms with E-state index >= 15 is 0 Å². The van der Waals surface area contributed by atoms with Crippen molar-refractivity contribution in [2.24, 2.45) is 0 Å². The van der Waals surface area contributed by atoms with Crippen LogP contribution in [0.3, 0.4) is 0 Å². The van der Waals surface area contributed by atoms with E-state index in [1.54, 1.807) is 6.20 Å². The molecule has 1 heterocycles. The third-order valence-electron chi connectivity index (χ3n) is 3.77. The zero-order valence-electron chi connectivity index (χ0n) is 13.8. The topological polar surface area (TPSA) is 62.7 Å². The molecule has 0 saturated heterocycles. The molecule has 0 aliphatic rings. The standard InChI is InChI=1S/C18H18BrN5/c1-11-4-6-15(9-12(11)2)21-17-10-20-24-18(23-17)22-16-7-5-14(19)8-13(16)3/h4-10H,1-3H3,(H2,21,22,23,24). The van der Waals surface area contributed by atoms with Gasteiger partial charge in [0, 0.05) is 15.8 Å². The summed E-state index contributed by atoms with van der Waals surface area (Å²) >= 11 is 3.46. The van der Waals surface area contributed by atoms with Gasteiger partial charge in [0.15, 0.2) is 5.82 Å². The number of nitrogens with zero attached hydrogens (tertiary/aromatic N) is 3. The van der Waals surface area contributed by atoms with Gasteiger partial charge < -0.3 is 10.6 Å². The van der Waals surface area contributed by atoms with Crippen LogP contribution in [-0.4, -0.2) is 15.2 Å². The lowest BCUT2D eigenvalue weighted by Gasteiger charge is -2.10. The first-order valence-corrected chi connectivity index (χ1v) is 8.38. The van der Waals surface area contributed by atoms with Crippen molar-refractivity contribution in [3.63, 3.8) is 0 Å². The van der Waals surface area contributed by atoms with Gasteiger partial charge in [0.05, 0.1) is 6.20 Å². The first kappa shape index (κ1) is 16.4. The number of nitrogens with one attached hydrogen (secondary N) is 2. The molecule has 3 aromatic rings. The average molecular weight is 384 g/mol. The van der Waals surface area contributed by atoms with E-state index in [-0.39, 0.29) is 0 Å². The summed E-state index contributed by atoms with van der Waals surface area (Å²) in [6.07, 6.45) is 1.61. The van der Waals surface area contributed by atoms with Gasteiger partial charge in [-0.05, 0) is 67.8 Å². The molecule has 122 valence electrons. The molecule has 0 bridgehead atoms. The second-order valence-corrected chi connectivity index (χ2v) is 6.59. The summed E-state index contributed by atoms with van der Waals surface area (Å²) in [6, 6.07) is 12.2. The molecule has 24 heavy (non-hydrogen) atoms. The van der Waals surface area contributed by atoms with Crippen LogP contribution in [0.2, 0.25) is 0 Å². The Kier molecular flexibility index (Phi) is 4.76. The third-order valence-corrected chi connectivity index (χ3v) is 4.27. The van der Waals surface area contributed by atoms with Crippen LogP contribution in [0.4, 0.5) is 23.1 Å². The van der Waals surface area contributed by atoms with Crippen LogP contribution in [0.25, 0.3) is 0 Å². The molecule has 1 aromatic heterocycles. The Labute approximate surface area is 149 Å². The maximum absolute atomic E-state index is 4.47. The van der Waals surface area contributed by atoms with Gasteiger partial charge in [-0.3, -0.25) is 0 Å². The molecule has 0 aliphatic carbocycles. The highest BCUT2D eigenvalue weighted by molar-refractivity contribution is 9.10. The molecule has 2 N–H and O–H groups in total. The number of aryl methyl sites for hydroxylation is 3. The zero-order valence-corrected chi connectivity index (χ0v) is 15.3. The lowest BCUT2D eigenvalue weighted by Crippen LogP contribution is -2.03. The number of aromatic nitrogens is 3. The maximum Gasteiger partial charge on any atom is 0.249 e. The van der Waals surface area contributed by atoms with E-state index in [0.717, 1.165) is 21.4 Å². The Morgan fingerprint density at radius 2 is 1.71 bits per heavy atom. The monoisotopic (exact) mass is 383 g/mol. The molecular formula is C18H18BrN5. The molecule has 0 atom stereocenters. The predicted octanol–water partition coefficient (Wildman–Crippen LogP) is 5.05. The minimum absolute atomic E-state index is 0.453. The van der Waals surface area contributed by atoms with Gasteiger partial charge in [0.1, 0.15) is 0 Å². The maximum atomic E-state index is 4.47. The van der Waals surface area contributed by atoms with Crippen LogP contribution >= 0.6 is 15.9 Å². The van der Waals surface area contributed by atoms with Gasteiger partial charge in [0.25, 0.3) is 0 Å². The van der Waals surface area contributed by atoms with Crippen LogP contribution in [0, 0.1) is 20.8 Å². The number of anilines is 4. The first-order valence-electron chi connectivity index (χ1n) is 7.58. The Morgan fingerprint density at radius 3 is 2.46 bits per heavy atom. The Balaban J connectivity index is 1.79. The summed E-state index contributed by atoms with van der Waals surface area (Å²) in [5.74, 6) is 1.10. The highest BCUT2D eigenvalue weighted by Crippen LogP contribution is 2.23. The molecule has 0 aliphatic heterocycles. The number of hydrogen-bond acceptors (Lipinski definition) is 5. The molecular weight excluding hydrogens is 366 g/mol. The summed E-state index contributed by atoms with van der Waals surface area (Å²) in [5, 5.41) is 14.5. The van der Waals surface area contributed by atoms with Gasteiger partial charge in [-0.2, -0.15) is 10.1 Å². The van der Waals surface area contributed by atoms with Crippen molar-refractivity contribution >= 4 is 39.1 Å². The fourth-order valence-corrected chi connectivity index (χ4v) is 2.75. The zero-order chi connectivity index (χ0) is 17.1. The van der Waals surface area contributed by atoms with E-state index in [2.05, 4.69) is 67.7 Å². The summed E-state index contributed by atoms with van der Waals surface area (Å²) < 4.78 is 1.04. The van der Waals surface area contributed by atoms with E-state index in [9.17, 15) is 0 Å². The Hall–Kier alpha value is -2.47. The number of rotatable bonds is 4. The summed E-state index contributed by atoms with van der Waals surface area (Å²) in [4.78, 5) is 4.47. The smallest absolute Gasteiger partial charge is 0.249 e. The molecule has 0 unspecified atom stereocenters. The van der Waals surface area contributed by atoms with Crippen molar-refractivity contribution in [3.05, 3.63) is 63.8 Å². The van der Waals surface area contributed by atoms with Crippen LogP contribution in [-0.2, 0) is 0 Å². The van der Waals surface area contributed by atoms with Gasteiger partial charge in [0.2, 0.25) is 5.95 Å². The minimum atomic E-state index is 0.453. The quantitative estimate of drug-likeness (QED) is 0.659. The molecule has 3 rings (SSSR count). The average Bonchev–Trinajstić information content (AvgIpc) is 2.54. The molecule has 5 nitrogen and oxygen atoms in total. The minimum Gasteiger partial charge on any atom is -0.339 e. The molecule has 6 heteroatoms.